The molecule has 0 aromatic heterocycles. The zero-order valence-corrected chi connectivity index (χ0v) is 17.8. The first-order valence-electron chi connectivity index (χ1n) is 9.69. The van der Waals surface area contributed by atoms with Gasteiger partial charge < -0.3 is 10.1 Å². The van der Waals surface area contributed by atoms with Crippen LogP contribution in [0.15, 0.2) is 24.3 Å². The van der Waals surface area contributed by atoms with Gasteiger partial charge in [-0.3, -0.25) is 9.59 Å². The van der Waals surface area contributed by atoms with Crippen LogP contribution in [0.4, 0.5) is 5.69 Å². The van der Waals surface area contributed by atoms with Crippen molar-refractivity contribution in [1.29, 1.82) is 0 Å². The zero-order valence-electron chi connectivity index (χ0n) is 15.5. The van der Waals surface area contributed by atoms with Crippen LogP contribution in [0.3, 0.4) is 0 Å². The summed E-state index contributed by atoms with van der Waals surface area (Å²) in [5.41, 5.74) is 0.645. The van der Waals surface area contributed by atoms with Crippen molar-refractivity contribution in [3.8, 4) is 0 Å². The fourth-order valence-electron chi connectivity index (χ4n) is 5.95. The van der Waals surface area contributed by atoms with Gasteiger partial charge in [-0.15, -0.1) is 0 Å². The number of benzene rings is 1. The van der Waals surface area contributed by atoms with Crippen LogP contribution in [0.1, 0.15) is 51.9 Å². The third-order valence-electron chi connectivity index (χ3n) is 6.40. The lowest BCUT2D eigenvalue weighted by molar-refractivity contribution is -0.159. The molecular formula is C21H25BrClNO3. The molecule has 0 saturated heterocycles. The quantitative estimate of drug-likeness (QED) is 0.483. The smallest absolute Gasteiger partial charge is 0.307 e. The Labute approximate surface area is 173 Å². The van der Waals surface area contributed by atoms with E-state index in [1.807, 2.05) is 0 Å². The third-order valence-corrected chi connectivity index (χ3v) is 7.56. The van der Waals surface area contributed by atoms with Crippen LogP contribution >= 0.6 is 27.5 Å². The molecule has 1 N–H and O–H groups in total. The number of hydrogen-bond donors (Lipinski definition) is 1. The van der Waals surface area contributed by atoms with Crippen LogP contribution in [0.25, 0.3) is 0 Å². The minimum atomic E-state index is -0.830. The van der Waals surface area contributed by atoms with Gasteiger partial charge in [-0.1, -0.05) is 33.6 Å². The number of hydrogen-bond acceptors (Lipinski definition) is 3. The van der Waals surface area contributed by atoms with E-state index in [4.69, 9.17) is 16.3 Å². The van der Waals surface area contributed by atoms with Crippen LogP contribution < -0.4 is 5.32 Å². The molecule has 4 nitrogen and oxygen atoms in total. The number of amides is 1. The van der Waals surface area contributed by atoms with Gasteiger partial charge in [-0.05, 0) is 80.9 Å². The van der Waals surface area contributed by atoms with Gasteiger partial charge in [0.1, 0.15) is 0 Å². The molecule has 4 aliphatic carbocycles. The number of anilines is 1. The molecule has 0 aliphatic heterocycles. The topological polar surface area (TPSA) is 55.4 Å². The Kier molecular flexibility index (Phi) is 5.04. The standard InChI is InChI=1S/C21H25BrClNO3/c1-13(19(26)24-17-4-2-3-16(23)6-17)27-18(25)11-20-7-14-5-15(8-20)10-21(22,9-14)12-20/h2-4,6,13-15H,5,7-12H2,1H3,(H,24,26)/t13-,14+,15+,20?,21?/m0/s1. The first-order valence-corrected chi connectivity index (χ1v) is 10.9. The van der Waals surface area contributed by atoms with Crippen molar-refractivity contribution in [2.24, 2.45) is 17.3 Å². The lowest BCUT2D eigenvalue weighted by Crippen LogP contribution is -2.53. The molecule has 1 aromatic rings. The molecule has 1 aromatic carbocycles. The second-order valence-corrected chi connectivity index (χ2v) is 11.0. The minimum absolute atomic E-state index is 0.0494. The lowest BCUT2D eigenvalue weighted by atomic mass is 9.49. The maximum atomic E-state index is 12.6. The van der Waals surface area contributed by atoms with Gasteiger partial charge in [-0.2, -0.15) is 0 Å². The summed E-state index contributed by atoms with van der Waals surface area (Å²) in [6.07, 6.45) is 6.65. The van der Waals surface area contributed by atoms with Crippen LogP contribution in [-0.2, 0) is 14.3 Å². The van der Waals surface area contributed by atoms with E-state index in [1.54, 1.807) is 31.2 Å². The molecule has 4 fully saturated rings. The molecule has 5 rings (SSSR count). The van der Waals surface area contributed by atoms with Crippen LogP contribution in [-0.4, -0.2) is 22.3 Å². The first kappa shape index (κ1) is 19.3. The summed E-state index contributed by atoms with van der Waals surface area (Å²) >= 11 is 9.91. The monoisotopic (exact) mass is 453 g/mol. The molecule has 146 valence electrons. The summed E-state index contributed by atoms with van der Waals surface area (Å²) < 4.78 is 5.70. The van der Waals surface area contributed by atoms with E-state index in [9.17, 15) is 9.59 Å². The van der Waals surface area contributed by atoms with Gasteiger partial charge in [0.2, 0.25) is 0 Å². The highest BCUT2D eigenvalue weighted by atomic mass is 79.9. The maximum Gasteiger partial charge on any atom is 0.307 e. The van der Waals surface area contributed by atoms with Crippen LogP contribution in [0.2, 0.25) is 5.02 Å². The SMILES string of the molecule is C[C@H](OC(=O)CC12C[C@H]3C[C@@H](CC(Br)(C3)C1)C2)C(=O)Nc1cccc(Cl)c1. The number of carbonyl (C=O) groups excluding carboxylic acids is 2. The van der Waals surface area contributed by atoms with E-state index in [1.165, 1.54) is 19.3 Å². The van der Waals surface area contributed by atoms with E-state index in [0.29, 0.717) is 17.1 Å². The number of halogens is 2. The van der Waals surface area contributed by atoms with Crippen LogP contribution in [0.5, 0.6) is 0 Å². The van der Waals surface area contributed by atoms with Gasteiger partial charge in [-0.25, -0.2) is 0 Å². The lowest BCUT2D eigenvalue weighted by Gasteiger charge is -2.60. The highest BCUT2D eigenvalue weighted by molar-refractivity contribution is 9.10. The van der Waals surface area contributed by atoms with Gasteiger partial charge in [0.05, 0.1) is 6.42 Å². The Hall–Kier alpha value is -1.07. The van der Waals surface area contributed by atoms with Crippen molar-refractivity contribution >= 4 is 45.1 Å². The zero-order chi connectivity index (χ0) is 19.2. The number of esters is 1. The van der Waals surface area contributed by atoms with Crippen molar-refractivity contribution in [1.82, 2.24) is 0 Å². The van der Waals surface area contributed by atoms with E-state index < -0.39 is 6.10 Å². The Morgan fingerprint density at radius 3 is 2.63 bits per heavy atom. The number of nitrogens with one attached hydrogen (secondary N) is 1. The van der Waals surface area contributed by atoms with Crippen molar-refractivity contribution < 1.29 is 14.3 Å². The summed E-state index contributed by atoms with van der Waals surface area (Å²) in [5, 5.41) is 3.29. The van der Waals surface area contributed by atoms with E-state index in [2.05, 4.69) is 21.2 Å². The van der Waals surface area contributed by atoms with Gasteiger partial charge in [0.15, 0.2) is 6.10 Å². The largest absolute Gasteiger partial charge is 0.453 e. The molecule has 4 aliphatic rings. The Balaban J connectivity index is 1.34. The summed E-state index contributed by atoms with van der Waals surface area (Å²) in [7, 11) is 0. The normalized spacial score (nSPS) is 34.9. The highest BCUT2D eigenvalue weighted by Gasteiger charge is 2.57. The summed E-state index contributed by atoms with van der Waals surface area (Å²) in [5.74, 6) is 0.846. The molecule has 4 bridgehead atoms. The Bertz CT molecular complexity index is 754. The molecule has 0 spiro atoms. The van der Waals surface area contributed by atoms with Gasteiger partial charge in [0, 0.05) is 15.0 Å². The minimum Gasteiger partial charge on any atom is -0.453 e. The van der Waals surface area contributed by atoms with Gasteiger partial charge >= 0.3 is 5.97 Å². The third kappa shape index (κ3) is 4.19. The Morgan fingerprint density at radius 2 is 2.00 bits per heavy atom. The number of carbonyl (C=O) groups is 2. The average molecular weight is 455 g/mol. The second-order valence-electron chi connectivity index (χ2n) is 8.92. The van der Waals surface area contributed by atoms with Crippen molar-refractivity contribution in [2.75, 3.05) is 5.32 Å². The van der Waals surface area contributed by atoms with Crippen molar-refractivity contribution in [3.63, 3.8) is 0 Å². The van der Waals surface area contributed by atoms with Crippen molar-refractivity contribution in [3.05, 3.63) is 29.3 Å². The van der Waals surface area contributed by atoms with E-state index in [-0.39, 0.29) is 21.6 Å². The average Bonchev–Trinajstić information content (AvgIpc) is 2.51. The molecule has 6 heteroatoms. The highest BCUT2D eigenvalue weighted by Crippen LogP contribution is 2.65. The van der Waals surface area contributed by atoms with Crippen LogP contribution in [0, 0.1) is 17.3 Å². The molecule has 1 amide bonds. The predicted octanol–water partition coefficient (Wildman–Crippen LogP) is 5.33. The number of ether oxygens (including phenoxy) is 1. The summed E-state index contributed by atoms with van der Waals surface area (Å²) in [6.45, 7) is 1.61. The molecule has 27 heavy (non-hydrogen) atoms. The van der Waals surface area contributed by atoms with Gasteiger partial charge in [0.25, 0.3) is 5.91 Å². The maximum absolute atomic E-state index is 12.6. The number of rotatable bonds is 5. The molecule has 4 saturated carbocycles. The molecule has 0 heterocycles. The molecule has 3 atom stereocenters. The first-order chi connectivity index (χ1) is 12.7. The molecular weight excluding hydrogens is 430 g/mol. The van der Waals surface area contributed by atoms with E-state index >= 15 is 0 Å². The molecule has 0 radical (unpaired) electrons. The summed E-state index contributed by atoms with van der Waals surface area (Å²) in [6, 6.07) is 6.92. The fraction of sp³-hybridized carbons (Fsp3) is 0.619. The second kappa shape index (κ2) is 7.07. The van der Waals surface area contributed by atoms with E-state index in [0.717, 1.165) is 31.1 Å². The number of alkyl halides is 1. The summed E-state index contributed by atoms with van der Waals surface area (Å²) in [4.78, 5) is 25.0. The fourth-order valence-corrected chi connectivity index (χ4v) is 7.65. The molecule has 0 unspecified atom stereocenters. The predicted molar refractivity (Wildman–Crippen MR) is 109 cm³/mol. The Morgan fingerprint density at radius 1 is 1.30 bits per heavy atom. The van der Waals surface area contributed by atoms with Crippen molar-refractivity contribution in [2.45, 2.75) is 62.3 Å².